The summed E-state index contributed by atoms with van der Waals surface area (Å²) in [5, 5.41) is 4.44. The quantitative estimate of drug-likeness (QED) is 0.568. The summed E-state index contributed by atoms with van der Waals surface area (Å²) in [6.07, 6.45) is 0. The zero-order valence-corrected chi connectivity index (χ0v) is 15.9. The minimum absolute atomic E-state index is 0.226. The summed E-state index contributed by atoms with van der Waals surface area (Å²) in [6.45, 7) is 3.02. The number of halogens is 1. The molecule has 3 aromatic rings. The van der Waals surface area contributed by atoms with Crippen LogP contribution in [0.5, 0.6) is 5.75 Å². The van der Waals surface area contributed by atoms with Gasteiger partial charge in [-0.2, -0.15) is 0 Å². The van der Waals surface area contributed by atoms with E-state index in [1.165, 1.54) is 16.7 Å². The first-order valence-electron chi connectivity index (χ1n) is 8.85. The first-order valence-corrected chi connectivity index (χ1v) is 9.23. The van der Waals surface area contributed by atoms with Crippen LogP contribution in [-0.4, -0.2) is 13.7 Å². The fourth-order valence-corrected chi connectivity index (χ4v) is 3.26. The number of benzene rings is 3. The van der Waals surface area contributed by atoms with E-state index in [-0.39, 0.29) is 12.0 Å². The Bertz CT molecular complexity index is 817. The van der Waals surface area contributed by atoms with E-state index in [4.69, 9.17) is 16.3 Å². The van der Waals surface area contributed by atoms with E-state index >= 15 is 0 Å². The Balaban J connectivity index is 1.78. The number of hydrogen-bond acceptors (Lipinski definition) is 2. The van der Waals surface area contributed by atoms with Crippen LogP contribution in [0.1, 0.15) is 35.6 Å². The van der Waals surface area contributed by atoms with Crippen molar-refractivity contribution in [1.82, 2.24) is 5.32 Å². The molecular weight excluding hydrogens is 342 g/mol. The fraction of sp³-hybridized carbons (Fsp3) is 0.217. The van der Waals surface area contributed by atoms with Crippen LogP contribution in [0.25, 0.3) is 0 Å². The molecule has 0 fully saturated rings. The Morgan fingerprint density at radius 2 is 1.50 bits per heavy atom. The second kappa shape index (κ2) is 8.88. The van der Waals surface area contributed by atoms with Gasteiger partial charge in [0.25, 0.3) is 0 Å². The molecule has 2 atom stereocenters. The van der Waals surface area contributed by atoms with E-state index in [1.807, 2.05) is 24.3 Å². The smallest absolute Gasteiger partial charge is 0.119 e. The van der Waals surface area contributed by atoms with Crippen LogP contribution in [-0.2, 0) is 0 Å². The van der Waals surface area contributed by atoms with Crippen molar-refractivity contribution < 1.29 is 4.74 Å². The van der Waals surface area contributed by atoms with Crippen LogP contribution in [0, 0.1) is 0 Å². The van der Waals surface area contributed by atoms with Crippen LogP contribution in [0.4, 0.5) is 0 Å². The molecule has 3 aromatic carbocycles. The van der Waals surface area contributed by atoms with Gasteiger partial charge < -0.3 is 10.1 Å². The van der Waals surface area contributed by atoms with Gasteiger partial charge in [0.15, 0.2) is 0 Å². The van der Waals surface area contributed by atoms with Crippen molar-refractivity contribution in [3.63, 3.8) is 0 Å². The lowest BCUT2D eigenvalue weighted by Crippen LogP contribution is -2.25. The summed E-state index contributed by atoms with van der Waals surface area (Å²) in [5.74, 6) is 1.15. The lowest BCUT2D eigenvalue weighted by Gasteiger charge is -2.22. The molecular formula is C23H24ClNO. The van der Waals surface area contributed by atoms with Gasteiger partial charge in [-0.3, -0.25) is 0 Å². The van der Waals surface area contributed by atoms with Crippen molar-refractivity contribution >= 4 is 11.6 Å². The first-order chi connectivity index (χ1) is 12.7. The third-order valence-electron chi connectivity index (χ3n) is 4.70. The molecule has 0 aromatic heterocycles. The van der Waals surface area contributed by atoms with Gasteiger partial charge in [-0.15, -0.1) is 0 Å². The van der Waals surface area contributed by atoms with Gasteiger partial charge >= 0.3 is 0 Å². The molecule has 0 saturated carbocycles. The molecule has 0 aliphatic rings. The van der Waals surface area contributed by atoms with Gasteiger partial charge in [0.05, 0.1) is 7.11 Å². The predicted octanol–water partition coefficient (Wildman–Crippen LogP) is 5.83. The van der Waals surface area contributed by atoms with Crippen LogP contribution < -0.4 is 10.1 Å². The van der Waals surface area contributed by atoms with Crippen LogP contribution in [0.2, 0.25) is 5.02 Å². The zero-order chi connectivity index (χ0) is 18.4. The van der Waals surface area contributed by atoms with Crippen molar-refractivity contribution in [2.45, 2.75) is 18.9 Å². The molecule has 0 aliphatic heterocycles. The monoisotopic (exact) mass is 365 g/mol. The van der Waals surface area contributed by atoms with E-state index in [9.17, 15) is 0 Å². The summed E-state index contributed by atoms with van der Waals surface area (Å²) < 4.78 is 5.34. The largest absolute Gasteiger partial charge is 0.497 e. The van der Waals surface area contributed by atoms with Gasteiger partial charge in [0.1, 0.15) is 5.75 Å². The molecule has 0 heterocycles. The minimum atomic E-state index is 0.226. The molecule has 0 amide bonds. The molecule has 2 nitrogen and oxygen atoms in total. The second-order valence-electron chi connectivity index (χ2n) is 6.42. The van der Waals surface area contributed by atoms with Crippen LogP contribution >= 0.6 is 11.6 Å². The van der Waals surface area contributed by atoms with Crippen molar-refractivity contribution in [2.24, 2.45) is 0 Å². The van der Waals surface area contributed by atoms with Crippen molar-refractivity contribution in [3.05, 3.63) is 101 Å². The van der Waals surface area contributed by atoms with Gasteiger partial charge in [0.2, 0.25) is 0 Å². The zero-order valence-electron chi connectivity index (χ0n) is 15.2. The lowest BCUT2D eigenvalue weighted by molar-refractivity contribution is 0.413. The Kier molecular flexibility index (Phi) is 6.32. The summed E-state index contributed by atoms with van der Waals surface area (Å²) in [4.78, 5) is 0. The summed E-state index contributed by atoms with van der Waals surface area (Å²) in [7, 11) is 1.70. The van der Waals surface area contributed by atoms with Gasteiger partial charge in [-0.25, -0.2) is 0 Å². The maximum absolute atomic E-state index is 6.07. The number of hydrogen-bond donors (Lipinski definition) is 1. The maximum atomic E-state index is 6.07. The highest BCUT2D eigenvalue weighted by Crippen LogP contribution is 2.27. The normalized spacial score (nSPS) is 13.2. The average molecular weight is 366 g/mol. The molecule has 26 heavy (non-hydrogen) atoms. The summed E-state index contributed by atoms with van der Waals surface area (Å²) >= 11 is 6.07. The number of nitrogens with one attached hydrogen (secondary N) is 1. The van der Waals surface area contributed by atoms with E-state index in [1.54, 1.807) is 7.11 Å². The highest BCUT2D eigenvalue weighted by molar-refractivity contribution is 6.30. The Morgan fingerprint density at radius 3 is 2.19 bits per heavy atom. The fourth-order valence-electron chi connectivity index (χ4n) is 3.13. The molecule has 134 valence electrons. The molecule has 1 N–H and O–H groups in total. The van der Waals surface area contributed by atoms with Crippen LogP contribution in [0.15, 0.2) is 78.9 Å². The Hall–Kier alpha value is -2.29. The molecule has 1 unspecified atom stereocenters. The molecule has 0 bridgehead atoms. The lowest BCUT2D eigenvalue weighted by atomic mass is 9.91. The third-order valence-corrected chi connectivity index (χ3v) is 4.95. The van der Waals surface area contributed by atoms with Crippen molar-refractivity contribution in [1.29, 1.82) is 0 Å². The number of ether oxygens (including phenoxy) is 1. The van der Waals surface area contributed by atoms with Crippen molar-refractivity contribution in [3.8, 4) is 5.75 Å². The summed E-state index contributed by atoms with van der Waals surface area (Å²) in [6, 6.07) is 27.1. The molecule has 0 aliphatic carbocycles. The molecule has 0 spiro atoms. The minimum Gasteiger partial charge on any atom is -0.497 e. The first kappa shape index (κ1) is 18.5. The van der Waals surface area contributed by atoms with E-state index in [0.717, 1.165) is 17.3 Å². The van der Waals surface area contributed by atoms with E-state index < -0.39 is 0 Å². The Labute approximate surface area is 160 Å². The molecule has 3 rings (SSSR count). The van der Waals surface area contributed by atoms with Crippen molar-refractivity contribution in [2.75, 3.05) is 13.7 Å². The van der Waals surface area contributed by atoms with Crippen LogP contribution in [0.3, 0.4) is 0 Å². The molecule has 3 heteroatoms. The average Bonchev–Trinajstić information content (AvgIpc) is 2.70. The third kappa shape index (κ3) is 4.66. The topological polar surface area (TPSA) is 21.3 Å². The molecule has 0 radical (unpaired) electrons. The number of rotatable bonds is 7. The SMILES string of the molecule is COc1cccc([C@@H](C)NCC(c2ccccc2)c2ccc(Cl)cc2)c1. The predicted molar refractivity (Wildman–Crippen MR) is 109 cm³/mol. The summed E-state index contributed by atoms with van der Waals surface area (Å²) in [5.41, 5.74) is 3.76. The van der Waals surface area contributed by atoms with E-state index in [0.29, 0.717) is 0 Å². The highest BCUT2D eigenvalue weighted by atomic mass is 35.5. The Morgan fingerprint density at radius 1 is 0.846 bits per heavy atom. The second-order valence-corrected chi connectivity index (χ2v) is 6.86. The number of methoxy groups -OCH3 is 1. The standard InChI is InChI=1S/C23H24ClNO/c1-17(20-9-6-10-22(15-20)26-2)25-16-23(18-7-4-3-5-8-18)19-11-13-21(24)14-12-19/h3-15,17,23,25H,16H2,1-2H3/t17-,23?/m1/s1. The maximum Gasteiger partial charge on any atom is 0.119 e. The van der Waals surface area contributed by atoms with E-state index in [2.05, 4.69) is 66.8 Å². The highest BCUT2D eigenvalue weighted by Gasteiger charge is 2.16. The van der Waals surface area contributed by atoms with Gasteiger partial charge in [-0.05, 0) is 47.9 Å². The van der Waals surface area contributed by atoms with Gasteiger partial charge in [-0.1, -0.05) is 66.2 Å². The molecule has 0 saturated heterocycles. The van der Waals surface area contributed by atoms with Gasteiger partial charge in [0, 0.05) is 23.5 Å².